The molecule has 0 amide bonds. The molecule has 10 heavy (non-hydrogen) atoms. The Morgan fingerprint density at radius 2 is 1.40 bits per heavy atom. The third-order valence-electron chi connectivity index (χ3n) is 0.479. The maximum atomic E-state index is 6.06. The Bertz CT molecular complexity index is 64.4. The predicted octanol–water partition coefficient (Wildman–Crippen LogP) is -1.04. The second kappa shape index (κ2) is 11.0. The third kappa shape index (κ3) is 57.4. The van der Waals surface area contributed by atoms with Crippen LogP contribution in [0.15, 0.2) is 0 Å². The van der Waals surface area contributed by atoms with Crippen molar-refractivity contribution >= 4 is 5.96 Å². The molecule has 0 radical (unpaired) electrons. The van der Waals surface area contributed by atoms with Crippen LogP contribution in [0, 0.1) is 5.41 Å². The lowest BCUT2D eigenvalue weighted by Crippen LogP contribution is -2.30. The molecule has 62 valence electrons. The molecule has 0 aliphatic carbocycles. The summed E-state index contributed by atoms with van der Waals surface area (Å²) >= 11 is 0. The van der Waals surface area contributed by atoms with Crippen LogP contribution in [0.4, 0.5) is 0 Å². The Labute approximate surface area is 61.6 Å². The van der Waals surface area contributed by atoms with Crippen molar-refractivity contribution in [3.8, 4) is 0 Å². The van der Waals surface area contributed by atoms with Gasteiger partial charge in [0.1, 0.15) is 0 Å². The van der Waals surface area contributed by atoms with Crippen molar-refractivity contribution in [1.29, 1.82) is 5.41 Å². The standard InChI is InChI=1S/C4H12N2.CH5N3/c1-3-5-6-4-2;2-1(3)4/h5-6H,3-4H2,1-2H3;(H5,2,3,4). The van der Waals surface area contributed by atoms with Crippen molar-refractivity contribution in [1.82, 2.24) is 10.9 Å². The summed E-state index contributed by atoms with van der Waals surface area (Å²) in [4.78, 5) is 0. The molecule has 7 N–H and O–H groups in total. The van der Waals surface area contributed by atoms with Crippen molar-refractivity contribution in [2.45, 2.75) is 13.8 Å². The molecule has 5 heteroatoms. The monoisotopic (exact) mass is 147 g/mol. The Morgan fingerprint density at radius 1 is 1.20 bits per heavy atom. The highest BCUT2D eigenvalue weighted by atomic mass is 15.3. The molecule has 0 bridgehead atoms. The molecule has 5 nitrogen and oxygen atoms in total. The molecule has 0 saturated carbocycles. The number of guanidine groups is 1. The molecule has 0 atom stereocenters. The van der Waals surface area contributed by atoms with E-state index in [1.54, 1.807) is 0 Å². The van der Waals surface area contributed by atoms with E-state index in [4.69, 9.17) is 5.41 Å². The van der Waals surface area contributed by atoms with Crippen molar-refractivity contribution in [3.05, 3.63) is 0 Å². The summed E-state index contributed by atoms with van der Waals surface area (Å²) in [6.45, 7) is 6.10. The molecule has 0 fully saturated rings. The van der Waals surface area contributed by atoms with E-state index in [0.29, 0.717) is 0 Å². The van der Waals surface area contributed by atoms with Crippen LogP contribution < -0.4 is 22.3 Å². The lowest BCUT2D eigenvalue weighted by molar-refractivity contribution is 0.573. The van der Waals surface area contributed by atoms with Crippen LogP contribution in [0.1, 0.15) is 13.8 Å². The van der Waals surface area contributed by atoms with Crippen LogP contribution in [-0.2, 0) is 0 Å². The zero-order valence-electron chi connectivity index (χ0n) is 6.57. The molecule has 0 spiro atoms. The van der Waals surface area contributed by atoms with Gasteiger partial charge in [0, 0.05) is 13.1 Å². The summed E-state index contributed by atoms with van der Waals surface area (Å²) in [6, 6.07) is 0. The molecule has 0 aliphatic rings. The highest BCUT2D eigenvalue weighted by Crippen LogP contribution is 1.44. The van der Waals surface area contributed by atoms with Gasteiger partial charge < -0.3 is 11.5 Å². The number of nitrogens with two attached hydrogens (primary N) is 2. The maximum Gasteiger partial charge on any atom is 0.183 e. The molecule has 0 aromatic rings. The van der Waals surface area contributed by atoms with Gasteiger partial charge in [0.25, 0.3) is 0 Å². The lowest BCUT2D eigenvalue weighted by atomic mass is 10.8. The number of nitrogens with one attached hydrogen (secondary N) is 3. The zero-order valence-corrected chi connectivity index (χ0v) is 6.57. The first-order valence-corrected chi connectivity index (χ1v) is 3.20. The van der Waals surface area contributed by atoms with E-state index in [9.17, 15) is 0 Å². The van der Waals surface area contributed by atoms with Crippen molar-refractivity contribution in [2.24, 2.45) is 11.5 Å². The summed E-state index contributed by atoms with van der Waals surface area (Å²) in [6.07, 6.45) is 0. The summed E-state index contributed by atoms with van der Waals surface area (Å²) in [5.74, 6) is -0.333. The molecular weight excluding hydrogens is 130 g/mol. The quantitative estimate of drug-likeness (QED) is 0.152. The van der Waals surface area contributed by atoms with Gasteiger partial charge in [-0.2, -0.15) is 0 Å². The van der Waals surface area contributed by atoms with E-state index in [-0.39, 0.29) is 5.96 Å². The van der Waals surface area contributed by atoms with Crippen LogP contribution in [-0.4, -0.2) is 19.0 Å². The van der Waals surface area contributed by atoms with Gasteiger partial charge >= 0.3 is 0 Å². The molecule has 0 aromatic heterocycles. The first-order valence-electron chi connectivity index (χ1n) is 3.20. The SMILES string of the molecule is CCNNCC.N=C(N)N. The Hall–Kier alpha value is -0.810. The first-order chi connectivity index (χ1) is 4.65. The second-order valence-electron chi connectivity index (χ2n) is 1.52. The number of hydrazine groups is 1. The van der Waals surface area contributed by atoms with E-state index in [0.717, 1.165) is 13.1 Å². The van der Waals surface area contributed by atoms with E-state index < -0.39 is 0 Å². The van der Waals surface area contributed by atoms with Gasteiger partial charge in [-0.05, 0) is 0 Å². The van der Waals surface area contributed by atoms with E-state index >= 15 is 0 Å². The molecular formula is C5H17N5. The number of hydrogen-bond donors (Lipinski definition) is 5. The second-order valence-corrected chi connectivity index (χ2v) is 1.52. The average molecular weight is 147 g/mol. The minimum Gasteiger partial charge on any atom is -0.370 e. The van der Waals surface area contributed by atoms with E-state index in [1.165, 1.54) is 0 Å². The van der Waals surface area contributed by atoms with Crippen LogP contribution in [0.2, 0.25) is 0 Å². The lowest BCUT2D eigenvalue weighted by Gasteiger charge is -1.95. The van der Waals surface area contributed by atoms with Crippen molar-refractivity contribution in [2.75, 3.05) is 13.1 Å². The molecule has 0 aliphatic heterocycles. The molecule has 0 unspecified atom stereocenters. The van der Waals surface area contributed by atoms with E-state index in [2.05, 4.69) is 36.2 Å². The largest absolute Gasteiger partial charge is 0.370 e. The number of rotatable bonds is 3. The normalized spacial score (nSPS) is 7.80. The van der Waals surface area contributed by atoms with Crippen LogP contribution >= 0.6 is 0 Å². The molecule has 0 heterocycles. The van der Waals surface area contributed by atoms with Gasteiger partial charge in [-0.1, -0.05) is 13.8 Å². The van der Waals surface area contributed by atoms with Gasteiger partial charge in [0.2, 0.25) is 0 Å². The van der Waals surface area contributed by atoms with Gasteiger partial charge in [0.05, 0.1) is 0 Å². The Morgan fingerprint density at radius 3 is 1.50 bits per heavy atom. The highest BCUT2D eigenvalue weighted by molar-refractivity contribution is 5.71. The minimum absolute atomic E-state index is 0.333. The van der Waals surface area contributed by atoms with Crippen molar-refractivity contribution in [3.63, 3.8) is 0 Å². The molecule has 0 saturated heterocycles. The highest BCUT2D eigenvalue weighted by Gasteiger charge is 1.67. The van der Waals surface area contributed by atoms with Crippen molar-refractivity contribution < 1.29 is 0 Å². The maximum absolute atomic E-state index is 6.06. The molecule has 0 aromatic carbocycles. The van der Waals surface area contributed by atoms with Gasteiger partial charge in [-0.25, -0.2) is 0 Å². The zero-order chi connectivity index (χ0) is 8.41. The topological polar surface area (TPSA) is 99.9 Å². The smallest absolute Gasteiger partial charge is 0.183 e. The minimum atomic E-state index is -0.333. The Kier molecular flexibility index (Phi) is 13.2. The van der Waals surface area contributed by atoms with Gasteiger partial charge in [0.15, 0.2) is 5.96 Å². The van der Waals surface area contributed by atoms with E-state index in [1.807, 2.05) is 0 Å². The van der Waals surface area contributed by atoms with Gasteiger partial charge in [-0.15, -0.1) is 0 Å². The van der Waals surface area contributed by atoms with Gasteiger partial charge in [-0.3, -0.25) is 16.3 Å². The molecule has 0 rings (SSSR count). The predicted molar refractivity (Wildman–Crippen MR) is 43.5 cm³/mol. The number of hydrogen-bond acceptors (Lipinski definition) is 3. The third-order valence-corrected chi connectivity index (χ3v) is 0.479. The summed E-state index contributed by atoms with van der Waals surface area (Å²) in [5.41, 5.74) is 14.8. The fourth-order valence-electron chi connectivity index (χ4n) is 0.250. The van der Waals surface area contributed by atoms with Crippen LogP contribution in [0.25, 0.3) is 0 Å². The fraction of sp³-hybridized carbons (Fsp3) is 0.800. The average Bonchev–Trinajstić information content (AvgIpc) is 1.82. The summed E-state index contributed by atoms with van der Waals surface area (Å²) in [7, 11) is 0. The summed E-state index contributed by atoms with van der Waals surface area (Å²) < 4.78 is 0. The first kappa shape index (κ1) is 11.9. The summed E-state index contributed by atoms with van der Waals surface area (Å²) in [5, 5.41) is 6.06. The van der Waals surface area contributed by atoms with Crippen LogP contribution in [0.3, 0.4) is 0 Å². The van der Waals surface area contributed by atoms with Crippen LogP contribution in [0.5, 0.6) is 0 Å². The Balaban J connectivity index is 0. The fourth-order valence-corrected chi connectivity index (χ4v) is 0.250.